The molecule has 0 aromatic carbocycles. The number of terminal acetylenes is 1. The fraction of sp³-hybridized carbons (Fsp3) is 0.727. The van der Waals surface area contributed by atoms with Crippen molar-refractivity contribution in [3.8, 4) is 12.3 Å². The van der Waals surface area contributed by atoms with Gasteiger partial charge in [-0.1, -0.05) is 5.92 Å². The Morgan fingerprint density at radius 2 is 2.36 bits per heavy atom. The molecular weight excluding hydrogens is 176 g/mol. The number of amides is 1. The summed E-state index contributed by atoms with van der Waals surface area (Å²) >= 11 is 0. The van der Waals surface area contributed by atoms with E-state index in [9.17, 15) is 4.79 Å². The van der Waals surface area contributed by atoms with Gasteiger partial charge in [-0.2, -0.15) is 0 Å². The predicted molar refractivity (Wildman–Crippen MR) is 56.4 cm³/mol. The third-order valence-electron chi connectivity index (χ3n) is 2.89. The van der Waals surface area contributed by atoms with Gasteiger partial charge in [0, 0.05) is 12.6 Å². The van der Waals surface area contributed by atoms with E-state index in [0.29, 0.717) is 18.5 Å². The number of carbonyl (C=O) groups is 1. The van der Waals surface area contributed by atoms with Crippen molar-refractivity contribution in [2.75, 3.05) is 13.1 Å². The molecule has 2 N–H and O–H groups in total. The maximum atomic E-state index is 11.6. The van der Waals surface area contributed by atoms with Gasteiger partial charge >= 0.3 is 0 Å². The molecule has 3 nitrogen and oxygen atoms in total. The van der Waals surface area contributed by atoms with Crippen LogP contribution >= 0.6 is 0 Å². The second-order valence-corrected chi connectivity index (χ2v) is 3.96. The Morgan fingerprint density at radius 3 is 2.93 bits per heavy atom. The van der Waals surface area contributed by atoms with Gasteiger partial charge in [-0.25, -0.2) is 0 Å². The van der Waals surface area contributed by atoms with Gasteiger partial charge in [0.25, 0.3) is 0 Å². The standard InChI is InChI=1S/C11H18N2O/c1-3-4-11(14)13-8-10(7-12)6-5-9(13)2/h1,9-10H,4-8,12H2,2H3. The number of rotatable bonds is 2. The summed E-state index contributed by atoms with van der Waals surface area (Å²) in [6, 6.07) is 0.318. The van der Waals surface area contributed by atoms with Gasteiger partial charge in [-0.05, 0) is 32.2 Å². The van der Waals surface area contributed by atoms with Gasteiger partial charge in [0.2, 0.25) is 5.91 Å². The van der Waals surface area contributed by atoms with E-state index in [4.69, 9.17) is 12.2 Å². The molecule has 0 radical (unpaired) electrons. The lowest BCUT2D eigenvalue weighted by molar-refractivity contribution is -0.134. The number of piperidine rings is 1. The molecule has 0 aromatic heterocycles. The number of hydrogen-bond donors (Lipinski definition) is 1. The van der Waals surface area contributed by atoms with Crippen molar-refractivity contribution in [3.63, 3.8) is 0 Å². The second kappa shape index (κ2) is 5.02. The Kier molecular flexibility index (Phi) is 3.97. The summed E-state index contributed by atoms with van der Waals surface area (Å²) in [4.78, 5) is 13.5. The lowest BCUT2D eigenvalue weighted by Gasteiger charge is -2.37. The normalized spacial score (nSPS) is 27.1. The average molecular weight is 194 g/mol. The first-order chi connectivity index (χ1) is 6.69. The third kappa shape index (κ3) is 2.49. The topological polar surface area (TPSA) is 46.3 Å². The molecule has 0 aliphatic carbocycles. The molecule has 3 heteroatoms. The minimum atomic E-state index is 0.0677. The average Bonchev–Trinajstić information content (AvgIpc) is 2.19. The fourth-order valence-electron chi connectivity index (χ4n) is 1.91. The Bertz CT molecular complexity index is 244. The first-order valence-corrected chi connectivity index (χ1v) is 5.12. The molecule has 0 aromatic rings. The van der Waals surface area contributed by atoms with Crippen LogP contribution in [-0.2, 0) is 4.79 Å². The van der Waals surface area contributed by atoms with Crippen LogP contribution in [0, 0.1) is 18.3 Å². The SMILES string of the molecule is C#CCC(=O)N1CC(CN)CCC1C. The molecule has 1 fully saturated rings. The van der Waals surface area contributed by atoms with E-state index in [-0.39, 0.29) is 12.3 Å². The lowest BCUT2D eigenvalue weighted by Crippen LogP contribution is -2.46. The molecular formula is C11H18N2O. The minimum Gasteiger partial charge on any atom is -0.339 e. The first-order valence-electron chi connectivity index (χ1n) is 5.12. The van der Waals surface area contributed by atoms with Crippen molar-refractivity contribution in [2.45, 2.75) is 32.2 Å². The van der Waals surface area contributed by atoms with Crippen LogP contribution in [0.15, 0.2) is 0 Å². The van der Waals surface area contributed by atoms with Crippen LogP contribution in [0.1, 0.15) is 26.2 Å². The van der Waals surface area contributed by atoms with E-state index >= 15 is 0 Å². The molecule has 2 unspecified atom stereocenters. The highest BCUT2D eigenvalue weighted by atomic mass is 16.2. The summed E-state index contributed by atoms with van der Waals surface area (Å²) in [5.41, 5.74) is 5.61. The fourth-order valence-corrected chi connectivity index (χ4v) is 1.91. The summed E-state index contributed by atoms with van der Waals surface area (Å²) in [6.07, 6.45) is 7.50. The zero-order valence-electron chi connectivity index (χ0n) is 8.70. The maximum Gasteiger partial charge on any atom is 0.234 e. The molecule has 0 bridgehead atoms. The number of likely N-dealkylation sites (tertiary alicyclic amines) is 1. The second-order valence-electron chi connectivity index (χ2n) is 3.96. The molecule has 0 saturated carbocycles. The molecule has 1 heterocycles. The van der Waals surface area contributed by atoms with Crippen LogP contribution in [0.25, 0.3) is 0 Å². The third-order valence-corrected chi connectivity index (χ3v) is 2.89. The molecule has 1 saturated heterocycles. The van der Waals surface area contributed by atoms with Crippen molar-refractivity contribution in [1.29, 1.82) is 0 Å². The van der Waals surface area contributed by atoms with Gasteiger partial charge in [0.05, 0.1) is 6.42 Å². The summed E-state index contributed by atoms with van der Waals surface area (Å²) in [7, 11) is 0. The van der Waals surface area contributed by atoms with Gasteiger partial charge in [0.1, 0.15) is 0 Å². The molecule has 1 amide bonds. The molecule has 1 aliphatic heterocycles. The summed E-state index contributed by atoms with van der Waals surface area (Å²) in [5.74, 6) is 2.92. The van der Waals surface area contributed by atoms with Crippen LogP contribution in [-0.4, -0.2) is 29.9 Å². The van der Waals surface area contributed by atoms with Crippen LogP contribution < -0.4 is 5.73 Å². The maximum absolute atomic E-state index is 11.6. The largest absolute Gasteiger partial charge is 0.339 e. The van der Waals surface area contributed by atoms with E-state index in [1.54, 1.807) is 0 Å². The quantitative estimate of drug-likeness (QED) is 0.654. The molecule has 14 heavy (non-hydrogen) atoms. The molecule has 0 spiro atoms. The zero-order valence-corrected chi connectivity index (χ0v) is 8.70. The Hall–Kier alpha value is -1.01. The van der Waals surface area contributed by atoms with Crippen LogP contribution in [0.2, 0.25) is 0 Å². The minimum absolute atomic E-state index is 0.0677. The van der Waals surface area contributed by atoms with Gasteiger partial charge in [0.15, 0.2) is 0 Å². The smallest absolute Gasteiger partial charge is 0.234 e. The van der Waals surface area contributed by atoms with E-state index in [1.165, 1.54) is 0 Å². The van der Waals surface area contributed by atoms with Crippen LogP contribution in [0.5, 0.6) is 0 Å². The molecule has 78 valence electrons. The highest BCUT2D eigenvalue weighted by molar-refractivity contribution is 5.79. The van der Waals surface area contributed by atoms with Crippen LogP contribution in [0.4, 0.5) is 0 Å². The van der Waals surface area contributed by atoms with Crippen molar-refractivity contribution >= 4 is 5.91 Å². The number of hydrogen-bond acceptors (Lipinski definition) is 2. The van der Waals surface area contributed by atoms with E-state index in [2.05, 4.69) is 12.8 Å². The first kappa shape index (κ1) is 11.1. The highest BCUT2D eigenvalue weighted by Gasteiger charge is 2.27. The van der Waals surface area contributed by atoms with Crippen molar-refractivity contribution in [1.82, 2.24) is 4.90 Å². The Labute approximate surface area is 85.6 Å². The Balaban J connectivity index is 2.56. The van der Waals surface area contributed by atoms with Gasteiger partial charge in [-0.15, -0.1) is 6.42 Å². The van der Waals surface area contributed by atoms with E-state index < -0.39 is 0 Å². The van der Waals surface area contributed by atoms with Gasteiger partial charge in [-0.3, -0.25) is 4.79 Å². The molecule has 1 aliphatic rings. The number of nitrogens with two attached hydrogens (primary N) is 1. The van der Waals surface area contributed by atoms with Crippen molar-refractivity contribution < 1.29 is 4.79 Å². The number of nitrogens with zero attached hydrogens (tertiary/aromatic N) is 1. The summed E-state index contributed by atoms with van der Waals surface area (Å²) in [6.45, 7) is 3.51. The van der Waals surface area contributed by atoms with E-state index in [0.717, 1.165) is 19.4 Å². The Morgan fingerprint density at radius 1 is 1.64 bits per heavy atom. The predicted octanol–water partition coefficient (Wildman–Crippen LogP) is 0.595. The lowest BCUT2D eigenvalue weighted by atomic mass is 9.93. The van der Waals surface area contributed by atoms with Crippen molar-refractivity contribution in [3.05, 3.63) is 0 Å². The highest BCUT2D eigenvalue weighted by Crippen LogP contribution is 2.21. The number of carbonyl (C=O) groups excluding carboxylic acids is 1. The molecule has 1 rings (SSSR count). The summed E-state index contributed by atoms with van der Waals surface area (Å²) in [5, 5.41) is 0. The van der Waals surface area contributed by atoms with Crippen LogP contribution in [0.3, 0.4) is 0 Å². The zero-order chi connectivity index (χ0) is 10.6. The van der Waals surface area contributed by atoms with Gasteiger partial charge < -0.3 is 10.6 Å². The van der Waals surface area contributed by atoms with Crippen molar-refractivity contribution in [2.24, 2.45) is 11.7 Å². The van der Waals surface area contributed by atoms with E-state index in [1.807, 2.05) is 4.90 Å². The summed E-state index contributed by atoms with van der Waals surface area (Å²) < 4.78 is 0. The molecule has 2 atom stereocenters. The monoisotopic (exact) mass is 194 g/mol.